The molecular weight excluding hydrogens is 392 g/mol. The number of nitrogens with two attached hydrogens (primary N) is 1. The highest BCUT2D eigenvalue weighted by Crippen LogP contribution is 2.21. The van der Waals surface area contributed by atoms with Crippen molar-refractivity contribution in [2.24, 2.45) is 0 Å². The van der Waals surface area contributed by atoms with Crippen LogP contribution in [0.15, 0.2) is 94.6 Å². The molecule has 3 rings (SSSR count). The Morgan fingerprint density at radius 1 is 1.00 bits per heavy atom. The van der Waals surface area contributed by atoms with Gasteiger partial charge in [-0.3, -0.25) is 24.0 Å². The van der Waals surface area contributed by atoms with Crippen LogP contribution in [-0.2, 0) is 17.9 Å². The second-order valence-electron chi connectivity index (χ2n) is 6.86. The van der Waals surface area contributed by atoms with Gasteiger partial charge in [-0.1, -0.05) is 78.9 Å². The Morgan fingerprint density at radius 3 is 2.23 bits per heavy atom. The van der Waals surface area contributed by atoms with Gasteiger partial charge in [-0.05, 0) is 18.1 Å². The van der Waals surface area contributed by atoms with E-state index in [-0.39, 0.29) is 24.6 Å². The summed E-state index contributed by atoms with van der Waals surface area (Å²) in [4.78, 5) is 41.8. The lowest BCUT2D eigenvalue weighted by Gasteiger charge is -2.23. The minimum atomic E-state index is -0.712. The Kier molecular flexibility index (Phi) is 7.01. The van der Waals surface area contributed by atoms with E-state index in [0.717, 1.165) is 11.1 Å². The van der Waals surface area contributed by atoms with Crippen molar-refractivity contribution in [1.29, 1.82) is 0 Å². The van der Waals surface area contributed by atoms with Crippen molar-refractivity contribution in [3.05, 3.63) is 117 Å². The van der Waals surface area contributed by atoms with Crippen LogP contribution in [0.4, 0.5) is 11.5 Å². The van der Waals surface area contributed by atoms with E-state index in [1.165, 1.54) is 15.5 Å². The Morgan fingerprint density at radius 2 is 1.61 bits per heavy atom. The van der Waals surface area contributed by atoms with Crippen molar-refractivity contribution in [1.82, 2.24) is 9.55 Å². The average molecular weight is 416 g/mol. The molecule has 0 aliphatic rings. The molecule has 3 aromatic rings. The van der Waals surface area contributed by atoms with E-state index < -0.39 is 17.2 Å². The van der Waals surface area contributed by atoms with Gasteiger partial charge in [0, 0.05) is 6.08 Å². The maximum atomic E-state index is 13.0. The molecule has 0 atom stereocenters. The second kappa shape index (κ2) is 10.1. The third-order valence-corrected chi connectivity index (χ3v) is 4.66. The van der Waals surface area contributed by atoms with Crippen molar-refractivity contribution >= 4 is 17.4 Å². The lowest BCUT2D eigenvalue weighted by Crippen LogP contribution is -2.40. The van der Waals surface area contributed by atoms with E-state index in [0.29, 0.717) is 0 Å². The normalized spacial score (nSPS) is 11.3. The fourth-order valence-corrected chi connectivity index (χ4v) is 3.13. The number of nitrogens with one attached hydrogen (secondary N) is 1. The van der Waals surface area contributed by atoms with Crippen molar-refractivity contribution in [2.45, 2.75) is 20.0 Å². The second-order valence-corrected chi connectivity index (χ2v) is 6.86. The zero-order chi connectivity index (χ0) is 22.2. The lowest BCUT2D eigenvalue weighted by atomic mass is 10.2. The van der Waals surface area contributed by atoms with Crippen LogP contribution in [0.5, 0.6) is 0 Å². The van der Waals surface area contributed by atoms with Crippen LogP contribution < -0.4 is 21.9 Å². The fourth-order valence-electron chi connectivity index (χ4n) is 3.13. The first kappa shape index (κ1) is 21.6. The largest absolute Gasteiger partial charge is 0.383 e. The molecule has 3 N–H and O–H groups in total. The first-order valence-corrected chi connectivity index (χ1v) is 9.82. The molecule has 31 heavy (non-hydrogen) atoms. The van der Waals surface area contributed by atoms with Crippen LogP contribution in [0.2, 0.25) is 0 Å². The van der Waals surface area contributed by atoms with Gasteiger partial charge in [0.05, 0.1) is 13.1 Å². The summed E-state index contributed by atoms with van der Waals surface area (Å²) in [5.41, 5.74) is 6.54. The van der Waals surface area contributed by atoms with Crippen molar-refractivity contribution < 1.29 is 4.79 Å². The number of nitrogen functional groups attached to an aromatic ring is 1. The molecule has 0 radical (unpaired) electrons. The van der Waals surface area contributed by atoms with Crippen LogP contribution in [0.25, 0.3) is 0 Å². The van der Waals surface area contributed by atoms with E-state index in [1.807, 2.05) is 67.6 Å². The van der Waals surface area contributed by atoms with Crippen molar-refractivity contribution in [3.8, 4) is 0 Å². The van der Waals surface area contributed by atoms with Gasteiger partial charge >= 0.3 is 5.69 Å². The Bertz CT molecular complexity index is 1210. The number of carbonyl (C=O) groups is 1. The molecule has 1 aromatic heterocycles. The monoisotopic (exact) mass is 416 g/mol. The molecule has 7 heteroatoms. The number of amides is 1. The highest BCUT2D eigenvalue weighted by atomic mass is 16.2. The Labute approximate surface area is 179 Å². The summed E-state index contributed by atoms with van der Waals surface area (Å²) in [7, 11) is 0. The molecule has 0 bridgehead atoms. The minimum Gasteiger partial charge on any atom is -0.383 e. The summed E-state index contributed by atoms with van der Waals surface area (Å²) < 4.78 is 1.26. The zero-order valence-electron chi connectivity index (χ0n) is 17.2. The van der Waals surface area contributed by atoms with Gasteiger partial charge in [-0.25, -0.2) is 4.79 Å². The first-order chi connectivity index (χ1) is 15.0. The fraction of sp³-hybridized carbons (Fsp3) is 0.125. The standard InChI is InChI=1S/C24H24N4O3/c1-2-3-6-15-20(29)27(16-18-11-7-4-8-12-18)21-22(25)28(24(31)26-23(21)30)17-19-13-9-5-10-14-19/h2-15H,16-17,25H2,1H3,(H,26,30,31). The Balaban J connectivity index is 2.10. The van der Waals surface area contributed by atoms with Crippen LogP contribution >= 0.6 is 0 Å². The molecule has 1 amide bonds. The predicted molar refractivity (Wildman–Crippen MR) is 123 cm³/mol. The van der Waals surface area contributed by atoms with E-state index in [1.54, 1.807) is 18.2 Å². The van der Waals surface area contributed by atoms with Gasteiger partial charge < -0.3 is 5.73 Å². The molecule has 0 saturated heterocycles. The topological polar surface area (TPSA) is 101 Å². The van der Waals surface area contributed by atoms with E-state index in [9.17, 15) is 14.4 Å². The molecule has 0 fully saturated rings. The number of anilines is 2. The molecule has 0 spiro atoms. The summed E-state index contributed by atoms with van der Waals surface area (Å²) in [5.74, 6) is -0.495. The highest BCUT2D eigenvalue weighted by Gasteiger charge is 2.23. The maximum absolute atomic E-state index is 13.0. The quantitative estimate of drug-likeness (QED) is 0.457. The number of aromatic amines is 1. The maximum Gasteiger partial charge on any atom is 0.330 e. The number of aromatic nitrogens is 2. The predicted octanol–water partition coefficient (Wildman–Crippen LogP) is 2.83. The third-order valence-electron chi connectivity index (χ3n) is 4.66. The summed E-state index contributed by atoms with van der Waals surface area (Å²) >= 11 is 0. The number of rotatable bonds is 7. The molecule has 0 saturated carbocycles. The number of allylic oxidation sites excluding steroid dienone is 3. The molecule has 0 aliphatic carbocycles. The average Bonchev–Trinajstić information content (AvgIpc) is 2.77. The van der Waals surface area contributed by atoms with Crippen LogP contribution in [-0.4, -0.2) is 15.5 Å². The van der Waals surface area contributed by atoms with E-state index in [2.05, 4.69) is 4.98 Å². The van der Waals surface area contributed by atoms with Crippen molar-refractivity contribution in [2.75, 3.05) is 10.6 Å². The van der Waals surface area contributed by atoms with Gasteiger partial charge in [0.2, 0.25) is 0 Å². The summed E-state index contributed by atoms with van der Waals surface area (Å²) in [5, 5.41) is 0. The Hall–Kier alpha value is -4.13. The number of benzene rings is 2. The van der Waals surface area contributed by atoms with E-state index >= 15 is 0 Å². The summed E-state index contributed by atoms with van der Waals surface area (Å²) in [6, 6.07) is 18.5. The summed E-state index contributed by atoms with van der Waals surface area (Å²) in [6.45, 7) is 2.12. The molecule has 0 aliphatic heterocycles. The van der Waals surface area contributed by atoms with Crippen LogP contribution in [0.1, 0.15) is 18.1 Å². The molecular formula is C24H24N4O3. The number of H-pyrrole nitrogens is 1. The molecule has 158 valence electrons. The third kappa shape index (κ3) is 5.27. The molecule has 1 heterocycles. The van der Waals surface area contributed by atoms with Crippen LogP contribution in [0.3, 0.4) is 0 Å². The number of hydrogen-bond donors (Lipinski definition) is 2. The smallest absolute Gasteiger partial charge is 0.330 e. The van der Waals surface area contributed by atoms with Gasteiger partial charge in [0.15, 0.2) is 5.69 Å². The van der Waals surface area contributed by atoms with Gasteiger partial charge in [0.1, 0.15) is 5.82 Å². The number of carbonyl (C=O) groups excluding carboxylic acids is 1. The van der Waals surface area contributed by atoms with Gasteiger partial charge in [-0.15, -0.1) is 0 Å². The van der Waals surface area contributed by atoms with Gasteiger partial charge in [0.25, 0.3) is 11.5 Å². The SMILES string of the molecule is CC=CC=CC(=O)N(Cc1ccccc1)c1c(N)n(Cc2ccccc2)c(=O)[nH]c1=O. The number of nitrogens with zero attached hydrogens (tertiary/aromatic N) is 2. The first-order valence-electron chi connectivity index (χ1n) is 9.82. The van der Waals surface area contributed by atoms with Crippen LogP contribution in [0, 0.1) is 0 Å². The minimum absolute atomic E-state index is 0.0606. The zero-order valence-corrected chi connectivity index (χ0v) is 17.2. The molecule has 0 unspecified atom stereocenters. The lowest BCUT2D eigenvalue weighted by molar-refractivity contribution is -0.114. The molecule has 7 nitrogen and oxygen atoms in total. The van der Waals surface area contributed by atoms with Gasteiger partial charge in [-0.2, -0.15) is 0 Å². The summed E-state index contributed by atoms with van der Waals surface area (Å²) in [6.07, 6.45) is 6.44. The highest BCUT2D eigenvalue weighted by molar-refractivity contribution is 6.02. The molecule has 2 aromatic carbocycles. The van der Waals surface area contributed by atoms with Crippen molar-refractivity contribution in [3.63, 3.8) is 0 Å². The van der Waals surface area contributed by atoms with E-state index in [4.69, 9.17) is 5.73 Å². The number of hydrogen-bond acceptors (Lipinski definition) is 4.